The van der Waals surface area contributed by atoms with Gasteiger partial charge in [-0.2, -0.15) is 10.2 Å². The predicted molar refractivity (Wildman–Crippen MR) is 112 cm³/mol. The average Bonchev–Trinajstić information content (AvgIpc) is 3.36. The van der Waals surface area contributed by atoms with Crippen molar-refractivity contribution in [2.24, 2.45) is 0 Å². The van der Waals surface area contributed by atoms with Crippen LogP contribution in [0, 0.1) is 5.82 Å². The van der Waals surface area contributed by atoms with Gasteiger partial charge in [0.05, 0.1) is 24.5 Å². The van der Waals surface area contributed by atoms with Gasteiger partial charge in [-0.05, 0) is 44.0 Å². The van der Waals surface area contributed by atoms with Gasteiger partial charge in [0, 0.05) is 29.1 Å². The second kappa shape index (κ2) is 7.98. The Kier molecular flexibility index (Phi) is 5.01. The highest BCUT2D eigenvalue weighted by atomic mass is 19.1. The van der Waals surface area contributed by atoms with Gasteiger partial charge in [0.1, 0.15) is 30.7 Å². The Balaban J connectivity index is 1.42. The number of alkyl halides is 1. The molecule has 31 heavy (non-hydrogen) atoms. The molecule has 3 aromatic heterocycles. The van der Waals surface area contributed by atoms with E-state index in [0.717, 1.165) is 24.0 Å². The number of fused-ring (bicyclic) bond motifs is 1. The molecule has 3 heterocycles. The van der Waals surface area contributed by atoms with Crippen LogP contribution in [-0.4, -0.2) is 37.7 Å². The van der Waals surface area contributed by atoms with E-state index in [2.05, 4.69) is 15.5 Å². The number of nitrogens with one attached hydrogen (secondary N) is 1. The van der Waals surface area contributed by atoms with Crippen molar-refractivity contribution in [2.45, 2.75) is 31.8 Å². The second-order valence-electron chi connectivity index (χ2n) is 7.67. The fourth-order valence-corrected chi connectivity index (χ4v) is 3.61. The molecule has 1 aliphatic carbocycles. The number of aromatic nitrogens is 5. The van der Waals surface area contributed by atoms with E-state index in [1.165, 1.54) is 18.2 Å². The first-order chi connectivity index (χ1) is 15.1. The van der Waals surface area contributed by atoms with Gasteiger partial charge in [0.2, 0.25) is 0 Å². The van der Waals surface area contributed by atoms with E-state index in [-0.39, 0.29) is 18.5 Å². The Morgan fingerprint density at radius 1 is 1.23 bits per heavy atom. The molecule has 1 fully saturated rings. The van der Waals surface area contributed by atoms with Crippen LogP contribution < -0.4 is 10.1 Å². The van der Waals surface area contributed by atoms with Crippen molar-refractivity contribution in [3.8, 4) is 16.9 Å². The largest absolute Gasteiger partial charge is 0.490 e. The zero-order chi connectivity index (χ0) is 21.4. The van der Waals surface area contributed by atoms with E-state index >= 15 is 0 Å². The van der Waals surface area contributed by atoms with Crippen molar-refractivity contribution in [1.82, 2.24) is 24.4 Å². The molecular weight excluding hydrogens is 402 g/mol. The molecule has 7 nitrogen and oxygen atoms in total. The SMILES string of the molecule is CC(Nc1ccn2ncc(-c3cnn(C4CC4)c3)c2n1)c1cc(F)ccc1OCCF. The molecule has 0 radical (unpaired) electrons. The topological polar surface area (TPSA) is 69.3 Å². The zero-order valence-corrected chi connectivity index (χ0v) is 17.0. The molecule has 1 N–H and O–H groups in total. The molecule has 9 heteroatoms. The first-order valence-corrected chi connectivity index (χ1v) is 10.3. The maximum atomic E-state index is 13.8. The number of rotatable bonds is 8. The van der Waals surface area contributed by atoms with Gasteiger partial charge in [0.15, 0.2) is 5.65 Å². The number of anilines is 1. The van der Waals surface area contributed by atoms with Gasteiger partial charge in [-0.15, -0.1) is 0 Å². The third kappa shape index (κ3) is 3.95. The summed E-state index contributed by atoms with van der Waals surface area (Å²) in [6.07, 6.45) is 9.78. The molecule has 160 valence electrons. The molecular formula is C22H22F2N6O. The summed E-state index contributed by atoms with van der Waals surface area (Å²) in [5.41, 5.74) is 3.14. The third-order valence-corrected chi connectivity index (χ3v) is 5.34. The molecule has 1 atom stereocenters. The average molecular weight is 424 g/mol. The van der Waals surface area contributed by atoms with Crippen LogP contribution in [0.3, 0.4) is 0 Å². The Morgan fingerprint density at radius 2 is 2.10 bits per heavy atom. The number of benzene rings is 1. The number of nitrogens with zero attached hydrogens (tertiary/aromatic N) is 5. The molecule has 0 aliphatic heterocycles. The first kappa shape index (κ1) is 19.5. The summed E-state index contributed by atoms with van der Waals surface area (Å²) in [6.45, 7) is 1.18. The van der Waals surface area contributed by atoms with Crippen LogP contribution in [0.5, 0.6) is 5.75 Å². The summed E-state index contributed by atoms with van der Waals surface area (Å²) in [5, 5.41) is 12.1. The van der Waals surface area contributed by atoms with E-state index in [1.807, 2.05) is 30.2 Å². The van der Waals surface area contributed by atoms with Gasteiger partial charge in [0.25, 0.3) is 0 Å². The quantitative estimate of drug-likeness (QED) is 0.448. The minimum atomic E-state index is -0.613. The molecule has 1 aromatic carbocycles. The van der Waals surface area contributed by atoms with Gasteiger partial charge in [-0.25, -0.2) is 18.3 Å². The van der Waals surface area contributed by atoms with Gasteiger partial charge < -0.3 is 10.1 Å². The summed E-state index contributed by atoms with van der Waals surface area (Å²) in [4.78, 5) is 4.72. The zero-order valence-electron chi connectivity index (χ0n) is 17.0. The monoisotopic (exact) mass is 424 g/mol. The molecule has 0 spiro atoms. The predicted octanol–water partition coefficient (Wildman–Crippen LogP) is 4.59. The van der Waals surface area contributed by atoms with Crippen molar-refractivity contribution >= 4 is 11.5 Å². The van der Waals surface area contributed by atoms with Crippen molar-refractivity contribution in [2.75, 3.05) is 18.6 Å². The molecule has 1 unspecified atom stereocenters. The van der Waals surface area contributed by atoms with E-state index in [4.69, 9.17) is 9.72 Å². The fraction of sp³-hybridized carbons (Fsp3) is 0.318. The van der Waals surface area contributed by atoms with Gasteiger partial charge >= 0.3 is 0 Å². The van der Waals surface area contributed by atoms with Crippen LogP contribution in [0.15, 0.2) is 49.1 Å². The Labute approximate surface area is 177 Å². The standard InChI is InChI=1S/C22H22F2N6O/c1-14(18-10-16(24)2-5-20(18)31-9-7-23)27-21-6-8-29-22(28-21)19(12-26-29)15-11-25-30(13-15)17-3-4-17/h2,5-6,8,10-14,17H,3-4,7,9H2,1H3,(H,27,28). The lowest BCUT2D eigenvalue weighted by Crippen LogP contribution is -2.11. The Bertz CT molecular complexity index is 1220. The lowest BCUT2D eigenvalue weighted by Gasteiger charge is -2.19. The smallest absolute Gasteiger partial charge is 0.165 e. The molecule has 5 rings (SSSR count). The third-order valence-electron chi connectivity index (χ3n) is 5.34. The van der Waals surface area contributed by atoms with Crippen molar-refractivity contribution in [3.63, 3.8) is 0 Å². The van der Waals surface area contributed by atoms with Crippen molar-refractivity contribution in [1.29, 1.82) is 0 Å². The van der Waals surface area contributed by atoms with E-state index in [1.54, 1.807) is 16.8 Å². The normalized spacial score (nSPS) is 14.7. The van der Waals surface area contributed by atoms with Crippen LogP contribution in [-0.2, 0) is 0 Å². The first-order valence-electron chi connectivity index (χ1n) is 10.3. The van der Waals surface area contributed by atoms with Crippen LogP contribution in [0.25, 0.3) is 16.8 Å². The summed E-state index contributed by atoms with van der Waals surface area (Å²) >= 11 is 0. The molecule has 4 aromatic rings. The number of hydrogen-bond donors (Lipinski definition) is 1. The number of ether oxygens (including phenoxy) is 1. The maximum absolute atomic E-state index is 13.8. The highest BCUT2D eigenvalue weighted by Crippen LogP contribution is 2.35. The summed E-state index contributed by atoms with van der Waals surface area (Å²) < 4.78 is 35.5. The highest BCUT2D eigenvalue weighted by molar-refractivity contribution is 5.76. The summed E-state index contributed by atoms with van der Waals surface area (Å²) in [5.74, 6) is 0.667. The lowest BCUT2D eigenvalue weighted by molar-refractivity contribution is 0.270. The summed E-state index contributed by atoms with van der Waals surface area (Å²) in [6, 6.07) is 6.19. The maximum Gasteiger partial charge on any atom is 0.165 e. The van der Waals surface area contributed by atoms with Crippen molar-refractivity contribution in [3.05, 3.63) is 60.4 Å². The Morgan fingerprint density at radius 3 is 2.90 bits per heavy atom. The molecule has 0 saturated heterocycles. The van der Waals surface area contributed by atoms with Crippen molar-refractivity contribution < 1.29 is 13.5 Å². The number of halogens is 2. The number of hydrogen-bond acceptors (Lipinski definition) is 5. The van der Waals surface area contributed by atoms with E-state index in [9.17, 15) is 8.78 Å². The molecule has 0 bridgehead atoms. The van der Waals surface area contributed by atoms with Crippen LogP contribution in [0.2, 0.25) is 0 Å². The molecule has 1 aliphatic rings. The van der Waals surface area contributed by atoms with E-state index in [0.29, 0.717) is 28.8 Å². The van der Waals surface area contributed by atoms with E-state index < -0.39 is 6.67 Å². The van der Waals surface area contributed by atoms with Gasteiger partial charge in [-0.3, -0.25) is 4.68 Å². The second-order valence-corrected chi connectivity index (χ2v) is 7.67. The Hall–Kier alpha value is -3.49. The minimum Gasteiger partial charge on any atom is -0.490 e. The highest BCUT2D eigenvalue weighted by Gasteiger charge is 2.25. The van der Waals surface area contributed by atoms with Crippen LogP contribution >= 0.6 is 0 Å². The fourth-order valence-electron chi connectivity index (χ4n) is 3.61. The van der Waals surface area contributed by atoms with Crippen LogP contribution in [0.4, 0.5) is 14.6 Å². The van der Waals surface area contributed by atoms with Crippen LogP contribution in [0.1, 0.15) is 37.4 Å². The summed E-state index contributed by atoms with van der Waals surface area (Å²) in [7, 11) is 0. The molecule has 1 saturated carbocycles. The van der Waals surface area contributed by atoms with Gasteiger partial charge in [-0.1, -0.05) is 0 Å². The lowest BCUT2D eigenvalue weighted by atomic mass is 10.1. The molecule has 0 amide bonds. The minimum absolute atomic E-state index is 0.0801.